The van der Waals surface area contributed by atoms with E-state index in [1.807, 2.05) is 32.0 Å². The number of aromatic nitrogens is 2. The first kappa shape index (κ1) is 18.2. The molecule has 1 fully saturated rings. The second-order valence-electron chi connectivity index (χ2n) is 7.02. The van der Waals surface area contributed by atoms with Gasteiger partial charge in [-0.2, -0.15) is 0 Å². The molecule has 0 atom stereocenters. The van der Waals surface area contributed by atoms with Crippen molar-refractivity contribution in [3.05, 3.63) is 57.9 Å². The number of nitro groups is 1. The van der Waals surface area contributed by atoms with E-state index in [1.165, 1.54) is 4.90 Å². The number of anilines is 1. The number of aryl methyl sites for hydroxylation is 2. The summed E-state index contributed by atoms with van der Waals surface area (Å²) in [6.07, 6.45) is 0. The molecule has 1 aromatic carbocycles. The molecular weight excluding hydrogens is 362 g/mol. The Bertz CT molecular complexity index is 971. The molecular formula is C19H22N5O4+. The van der Waals surface area contributed by atoms with Crippen LogP contribution < -0.4 is 9.80 Å². The number of non-ortho nitro benzene ring substituents is 1. The summed E-state index contributed by atoms with van der Waals surface area (Å²) >= 11 is 0. The number of nitrogens with one attached hydrogen (secondary N) is 1. The molecule has 1 aliphatic rings. The fraction of sp³-hybridized carbons (Fsp3) is 0.368. The van der Waals surface area contributed by atoms with Gasteiger partial charge >= 0.3 is 0 Å². The second-order valence-corrected chi connectivity index (χ2v) is 7.02. The molecule has 0 amide bonds. The van der Waals surface area contributed by atoms with Crippen LogP contribution in [0.2, 0.25) is 0 Å². The maximum absolute atomic E-state index is 10.8. The smallest absolute Gasteiger partial charge is 0.271 e. The van der Waals surface area contributed by atoms with Gasteiger partial charge in [0.25, 0.3) is 17.5 Å². The van der Waals surface area contributed by atoms with Gasteiger partial charge in [0.1, 0.15) is 11.5 Å². The van der Waals surface area contributed by atoms with Gasteiger partial charge in [0.05, 0.1) is 36.7 Å². The number of hydrogen-bond donors (Lipinski definition) is 1. The van der Waals surface area contributed by atoms with Crippen LogP contribution in [0.1, 0.15) is 17.4 Å². The van der Waals surface area contributed by atoms with Crippen molar-refractivity contribution in [2.45, 2.75) is 20.4 Å². The van der Waals surface area contributed by atoms with Crippen molar-refractivity contribution in [3.63, 3.8) is 0 Å². The Morgan fingerprint density at radius 3 is 2.46 bits per heavy atom. The highest BCUT2D eigenvalue weighted by Crippen LogP contribution is 2.25. The van der Waals surface area contributed by atoms with E-state index in [9.17, 15) is 10.1 Å². The van der Waals surface area contributed by atoms with Crippen molar-refractivity contribution in [2.75, 3.05) is 31.1 Å². The SMILES string of the molecule is Cc1cc(-c2nnc(C[NH+]3CCN(c4ccc([N+](=O)[O-])cc4)CC3)o2)c(C)o1. The van der Waals surface area contributed by atoms with Crippen molar-refractivity contribution >= 4 is 11.4 Å². The van der Waals surface area contributed by atoms with E-state index in [2.05, 4.69) is 15.1 Å². The van der Waals surface area contributed by atoms with Crippen LogP contribution in [0.15, 0.2) is 39.2 Å². The Kier molecular flexibility index (Phi) is 4.82. The number of rotatable bonds is 5. The van der Waals surface area contributed by atoms with Gasteiger partial charge in [-0.1, -0.05) is 0 Å². The lowest BCUT2D eigenvalue weighted by Crippen LogP contribution is -3.13. The Labute approximate surface area is 161 Å². The third-order valence-electron chi connectivity index (χ3n) is 5.04. The molecule has 0 unspecified atom stereocenters. The lowest BCUT2D eigenvalue weighted by molar-refractivity contribution is -0.915. The molecule has 0 saturated carbocycles. The summed E-state index contributed by atoms with van der Waals surface area (Å²) in [5.41, 5.74) is 1.97. The summed E-state index contributed by atoms with van der Waals surface area (Å²) in [5, 5.41) is 19.1. The van der Waals surface area contributed by atoms with E-state index in [1.54, 1.807) is 12.1 Å². The molecule has 9 heteroatoms. The number of nitrogens with zero attached hydrogens (tertiary/aromatic N) is 4. The van der Waals surface area contributed by atoms with Crippen LogP contribution in [-0.4, -0.2) is 41.3 Å². The van der Waals surface area contributed by atoms with E-state index in [0.29, 0.717) is 18.3 Å². The van der Waals surface area contributed by atoms with Gasteiger partial charge in [0.15, 0.2) is 6.54 Å². The molecule has 0 bridgehead atoms. The van der Waals surface area contributed by atoms with E-state index < -0.39 is 0 Å². The highest BCUT2D eigenvalue weighted by atomic mass is 16.6. The topological polar surface area (TPSA) is 103 Å². The first-order chi connectivity index (χ1) is 13.5. The predicted molar refractivity (Wildman–Crippen MR) is 101 cm³/mol. The number of piperazine rings is 1. The zero-order valence-electron chi connectivity index (χ0n) is 15.8. The minimum atomic E-state index is -0.378. The molecule has 4 rings (SSSR count). The molecule has 1 saturated heterocycles. The standard InChI is InChI=1S/C19H21N5O4/c1-13-11-17(14(2)27-13)19-21-20-18(28-19)12-22-7-9-23(10-8-22)15-3-5-16(6-4-15)24(25)26/h3-6,11H,7-10,12H2,1-2H3/p+1. The third-order valence-corrected chi connectivity index (χ3v) is 5.04. The molecule has 9 nitrogen and oxygen atoms in total. The van der Waals surface area contributed by atoms with Gasteiger partial charge in [0, 0.05) is 17.8 Å². The lowest BCUT2D eigenvalue weighted by atomic mass is 10.2. The Morgan fingerprint density at radius 1 is 1.14 bits per heavy atom. The van der Waals surface area contributed by atoms with Crippen LogP contribution in [0.5, 0.6) is 0 Å². The number of furan rings is 1. The van der Waals surface area contributed by atoms with Crippen LogP contribution in [0.25, 0.3) is 11.5 Å². The molecule has 0 aliphatic carbocycles. The van der Waals surface area contributed by atoms with Gasteiger partial charge in [-0.15, -0.1) is 10.2 Å². The monoisotopic (exact) mass is 384 g/mol. The largest absolute Gasteiger partial charge is 0.466 e. The fourth-order valence-corrected chi connectivity index (χ4v) is 3.53. The molecule has 146 valence electrons. The minimum Gasteiger partial charge on any atom is -0.466 e. The summed E-state index contributed by atoms with van der Waals surface area (Å²) in [6.45, 7) is 8.05. The van der Waals surface area contributed by atoms with Gasteiger partial charge in [-0.25, -0.2) is 0 Å². The second kappa shape index (κ2) is 7.43. The Balaban J connectivity index is 1.34. The molecule has 2 aromatic heterocycles. The average molecular weight is 384 g/mol. The van der Waals surface area contributed by atoms with Crippen molar-refractivity contribution in [3.8, 4) is 11.5 Å². The molecule has 3 aromatic rings. The minimum absolute atomic E-state index is 0.114. The van der Waals surface area contributed by atoms with Crippen molar-refractivity contribution < 1.29 is 18.7 Å². The van der Waals surface area contributed by atoms with E-state index in [-0.39, 0.29) is 10.6 Å². The first-order valence-corrected chi connectivity index (χ1v) is 9.22. The lowest BCUT2D eigenvalue weighted by Gasteiger charge is -2.33. The van der Waals surface area contributed by atoms with Crippen LogP contribution >= 0.6 is 0 Å². The van der Waals surface area contributed by atoms with E-state index >= 15 is 0 Å². The third kappa shape index (κ3) is 3.74. The number of nitro benzene ring substituents is 1. The molecule has 0 spiro atoms. The van der Waals surface area contributed by atoms with E-state index in [4.69, 9.17) is 8.83 Å². The summed E-state index contributed by atoms with van der Waals surface area (Å²) < 4.78 is 11.4. The average Bonchev–Trinajstić information content (AvgIpc) is 3.28. The zero-order chi connectivity index (χ0) is 19.7. The van der Waals surface area contributed by atoms with Crippen molar-refractivity contribution in [2.24, 2.45) is 0 Å². The Morgan fingerprint density at radius 2 is 1.86 bits per heavy atom. The predicted octanol–water partition coefficient (Wildman–Crippen LogP) is 1.76. The van der Waals surface area contributed by atoms with Gasteiger partial charge in [-0.3, -0.25) is 10.1 Å². The maximum atomic E-state index is 10.8. The molecule has 0 radical (unpaired) electrons. The quantitative estimate of drug-likeness (QED) is 0.528. The summed E-state index contributed by atoms with van der Waals surface area (Å²) in [5.74, 6) is 2.71. The summed E-state index contributed by atoms with van der Waals surface area (Å²) in [6, 6.07) is 8.62. The number of quaternary nitrogens is 1. The number of benzene rings is 1. The van der Waals surface area contributed by atoms with Crippen molar-refractivity contribution in [1.82, 2.24) is 10.2 Å². The normalized spacial score (nSPS) is 15.1. The van der Waals surface area contributed by atoms with Crippen LogP contribution in [-0.2, 0) is 6.54 Å². The van der Waals surface area contributed by atoms with Crippen LogP contribution in [0, 0.1) is 24.0 Å². The first-order valence-electron chi connectivity index (χ1n) is 9.22. The zero-order valence-corrected chi connectivity index (χ0v) is 15.8. The fourth-order valence-electron chi connectivity index (χ4n) is 3.53. The van der Waals surface area contributed by atoms with Crippen LogP contribution in [0.4, 0.5) is 11.4 Å². The molecule has 28 heavy (non-hydrogen) atoms. The summed E-state index contributed by atoms with van der Waals surface area (Å²) in [7, 11) is 0. The van der Waals surface area contributed by atoms with Gasteiger partial charge in [0.2, 0.25) is 0 Å². The maximum Gasteiger partial charge on any atom is 0.271 e. The highest BCUT2D eigenvalue weighted by Gasteiger charge is 2.23. The molecule has 1 N–H and O–H groups in total. The van der Waals surface area contributed by atoms with Gasteiger partial charge in [-0.05, 0) is 32.0 Å². The van der Waals surface area contributed by atoms with Crippen LogP contribution in [0.3, 0.4) is 0 Å². The molecule has 1 aliphatic heterocycles. The molecule has 3 heterocycles. The highest BCUT2D eigenvalue weighted by molar-refractivity contribution is 5.55. The Hall–Kier alpha value is -3.20. The number of hydrogen-bond acceptors (Lipinski definition) is 7. The van der Waals surface area contributed by atoms with Crippen molar-refractivity contribution in [1.29, 1.82) is 0 Å². The summed E-state index contributed by atoms with van der Waals surface area (Å²) in [4.78, 5) is 14.0. The van der Waals surface area contributed by atoms with Gasteiger partial charge < -0.3 is 18.6 Å². The van der Waals surface area contributed by atoms with E-state index in [0.717, 1.165) is 49.0 Å².